The normalized spacial score (nSPS) is 10.8. The van der Waals surface area contributed by atoms with Crippen LogP contribution in [0.15, 0.2) is 36.4 Å². The second kappa shape index (κ2) is 5.18. The Bertz CT molecular complexity index is 839. The van der Waals surface area contributed by atoms with E-state index < -0.39 is 0 Å². The van der Waals surface area contributed by atoms with Crippen LogP contribution in [0.2, 0.25) is 0 Å². The summed E-state index contributed by atoms with van der Waals surface area (Å²) in [7, 11) is 0. The van der Waals surface area contributed by atoms with E-state index in [2.05, 4.69) is 10.3 Å². The minimum Gasteiger partial charge on any atom is -0.375 e. The van der Waals surface area contributed by atoms with Crippen molar-refractivity contribution in [2.24, 2.45) is 0 Å². The lowest BCUT2D eigenvalue weighted by Gasteiger charge is -2.10. The fraction of sp³-hybridized carbons (Fsp3) is 0.125. The van der Waals surface area contributed by atoms with Crippen molar-refractivity contribution >= 4 is 38.3 Å². The number of nitrogens with zero attached hydrogens (tertiary/aromatic N) is 1. The molecule has 0 unspecified atom stereocenters. The molecule has 1 amide bonds. The lowest BCUT2D eigenvalue weighted by atomic mass is 10.1. The Morgan fingerprint density at radius 1 is 1.24 bits per heavy atom. The van der Waals surface area contributed by atoms with E-state index in [4.69, 9.17) is 5.73 Å². The predicted molar refractivity (Wildman–Crippen MR) is 87.9 cm³/mol. The van der Waals surface area contributed by atoms with Crippen molar-refractivity contribution in [1.29, 1.82) is 0 Å². The number of nitrogen functional groups attached to an aromatic ring is 1. The van der Waals surface area contributed by atoms with Gasteiger partial charge in [-0.3, -0.25) is 4.79 Å². The van der Waals surface area contributed by atoms with Gasteiger partial charge < -0.3 is 11.1 Å². The van der Waals surface area contributed by atoms with Gasteiger partial charge in [0.2, 0.25) is 0 Å². The second-order valence-corrected chi connectivity index (χ2v) is 6.00. The van der Waals surface area contributed by atoms with Crippen molar-refractivity contribution in [2.75, 3.05) is 11.1 Å². The van der Waals surface area contributed by atoms with Gasteiger partial charge in [-0.25, -0.2) is 4.98 Å². The van der Waals surface area contributed by atoms with Crippen LogP contribution in [0.25, 0.3) is 10.2 Å². The zero-order chi connectivity index (χ0) is 15.0. The first-order valence-corrected chi connectivity index (χ1v) is 7.40. The monoisotopic (exact) mass is 297 g/mol. The van der Waals surface area contributed by atoms with E-state index in [0.29, 0.717) is 10.7 Å². The number of aryl methyl sites for hydroxylation is 1. The molecule has 106 valence electrons. The summed E-state index contributed by atoms with van der Waals surface area (Å²) in [5, 5.41) is 3.46. The molecule has 1 heterocycles. The van der Waals surface area contributed by atoms with E-state index in [1.54, 1.807) is 6.07 Å². The van der Waals surface area contributed by atoms with E-state index in [0.717, 1.165) is 27.0 Å². The average molecular weight is 297 g/mol. The highest BCUT2D eigenvalue weighted by Crippen LogP contribution is 2.25. The van der Waals surface area contributed by atoms with Gasteiger partial charge in [0.05, 0.1) is 10.2 Å². The number of thiazole rings is 1. The average Bonchev–Trinajstić information content (AvgIpc) is 2.82. The Morgan fingerprint density at radius 3 is 2.86 bits per heavy atom. The van der Waals surface area contributed by atoms with Crippen molar-refractivity contribution in [1.82, 2.24) is 4.98 Å². The number of hydrogen-bond acceptors (Lipinski definition) is 4. The summed E-state index contributed by atoms with van der Waals surface area (Å²) in [5.41, 5.74) is 10.2. The number of anilines is 2. The van der Waals surface area contributed by atoms with Gasteiger partial charge in [-0.05, 0) is 49.2 Å². The molecule has 0 aliphatic rings. The Labute approximate surface area is 126 Å². The number of nitrogens with one attached hydrogen (secondary N) is 1. The maximum absolute atomic E-state index is 12.4. The summed E-state index contributed by atoms with van der Waals surface area (Å²) in [5.74, 6) is -0.127. The lowest BCUT2D eigenvalue weighted by molar-refractivity contribution is 0.102. The topological polar surface area (TPSA) is 68.0 Å². The fourth-order valence-electron chi connectivity index (χ4n) is 2.16. The van der Waals surface area contributed by atoms with Gasteiger partial charge in [0.1, 0.15) is 0 Å². The minimum absolute atomic E-state index is 0.127. The first-order valence-electron chi connectivity index (χ1n) is 6.58. The molecule has 0 aliphatic heterocycles. The summed E-state index contributed by atoms with van der Waals surface area (Å²) in [6, 6.07) is 11.3. The number of carbonyl (C=O) groups is 1. The smallest absolute Gasteiger partial charge is 0.255 e. The zero-order valence-electron chi connectivity index (χ0n) is 11.8. The molecule has 0 spiro atoms. The predicted octanol–water partition coefficient (Wildman–Crippen LogP) is 3.75. The molecule has 5 heteroatoms. The second-order valence-electron chi connectivity index (χ2n) is 4.94. The van der Waals surface area contributed by atoms with Gasteiger partial charge >= 0.3 is 0 Å². The molecule has 4 nitrogen and oxygen atoms in total. The van der Waals surface area contributed by atoms with Crippen molar-refractivity contribution in [3.8, 4) is 0 Å². The minimum atomic E-state index is -0.127. The van der Waals surface area contributed by atoms with Crippen LogP contribution in [0, 0.1) is 13.8 Å². The Balaban J connectivity index is 1.91. The Kier molecular flexibility index (Phi) is 3.35. The van der Waals surface area contributed by atoms with Gasteiger partial charge in [-0.1, -0.05) is 23.5 Å². The molecule has 3 rings (SSSR count). The summed E-state index contributed by atoms with van der Waals surface area (Å²) < 4.78 is 0.918. The van der Waals surface area contributed by atoms with Crippen LogP contribution in [0.4, 0.5) is 10.8 Å². The SMILES string of the molecule is Cc1cccc(NC(=O)c2ccc3nc(N)sc3c2)c1C. The molecule has 0 saturated carbocycles. The first kappa shape index (κ1) is 13.6. The number of hydrogen-bond donors (Lipinski definition) is 2. The van der Waals surface area contributed by atoms with Gasteiger partial charge in [0.25, 0.3) is 5.91 Å². The quantitative estimate of drug-likeness (QED) is 0.757. The van der Waals surface area contributed by atoms with Crippen molar-refractivity contribution in [2.45, 2.75) is 13.8 Å². The standard InChI is InChI=1S/C16H15N3OS/c1-9-4-3-5-12(10(9)2)18-15(20)11-6-7-13-14(8-11)21-16(17)19-13/h3-8H,1-2H3,(H2,17,19)(H,18,20). The molecular formula is C16H15N3OS. The highest BCUT2D eigenvalue weighted by molar-refractivity contribution is 7.22. The number of amides is 1. The first-order chi connectivity index (χ1) is 10.0. The van der Waals surface area contributed by atoms with E-state index in [1.807, 2.05) is 44.2 Å². The van der Waals surface area contributed by atoms with E-state index in [1.165, 1.54) is 11.3 Å². The van der Waals surface area contributed by atoms with Crippen LogP contribution in [0.3, 0.4) is 0 Å². The molecule has 0 fully saturated rings. The molecule has 21 heavy (non-hydrogen) atoms. The van der Waals surface area contributed by atoms with Gasteiger partial charge in [-0.15, -0.1) is 0 Å². The van der Waals surface area contributed by atoms with Crippen molar-refractivity contribution < 1.29 is 4.79 Å². The van der Waals surface area contributed by atoms with E-state index >= 15 is 0 Å². The number of carbonyl (C=O) groups excluding carboxylic acids is 1. The molecule has 0 radical (unpaired) electrons. The molecule has 3 N–H and O–H groups in total. The number of benzene rings is 2. The van der Waals surface area contributed by atoms with E-state index in [-0.39, 0.29) is 5.91 Å². The highest BCUT2D eigenvalue weighted by atomic mass is 32.1. The fourth-order valence-corrected chi connectivity index (χ4v) is 2.94. The van der Waals surface area contributed by atoms with Crippen LogP contribution < -0.4 is 11.1 Å². The summed E-state index contributed by atoms with van der Waals surface area (Å²) >= 11 is 1.38. The van der Waals surface area contributed by atoms with Gasteiger partial charge in [0.15, 0.2) is 5.13 Å². The number of aromatic nitrogens is 1. The maximum atomic E-state index is 12.4. The van der Waals surface area contributed by atoms with Crippen LogP contribution in [0.5, 0.6) is 0 Å². The third-order valence-electron chi connectivity index (χ3n) is 3.52. The van der Waals surface area contributed by atoms with Crippen LogP contribution in [-0.2, 0) is 0 Å². The zero-order valence-corrected chi connectivity index (χ0v) is 12.6. The molecule has 0 bridgehead atoms. The third kappa shape index (κ3) is 2.60. The van der Waals surface area contributed by atoms with Gasteiger partial charge in [-0.2, -0.15) is 0 Å². The molecule has 1 aromatic heterocycles. The third-order valence-corrected chi connectivity index (χ3v) is 4.37. The maximum Gasteiger partial charge on any atom is 0.255 e. The Hall–Kier alpha value is -2.40. The molecule has 3 aromatic rings. The van der Waals surface area contributed by atoms with Crippen LogP contribution >= 0.6 is 11.3 Å². The van der Waals surface area contributed by atoms with Gasteiger partial charge in [0, 0.05) is 11.3 Å². The molecule has 0 aliphatic carbocycles. The molecular weight excluding hydrogens is 282 g/mol. The van der Waals surface area contributed by atoms with Crippen LogP contribution in [-0.4, -0.2) is 10.9 Å². The molecule has 0 saturated heterocycles. The molecule has 2 aromatic carbocycles. The van der Waals surface area contributed by atoms with Crippen LogP contribution in [0.1, 0.15) is 21.5 Å². The summed E-state index contributed by atoms with van der Waals surface area (Å²) in [6.07, 6.45) is 0. The Morgan fingerprint density at radius 2 is 2.05 bits per heavy atom. The van der Waals surface area contributed by atoms with E-state index in [9.17, 15) is 4.79 Å². The van der Waals surface area contributed by atoms with Crippen molar-refractivity contribution in [3.05, 3.63) is 53.1 Å². The largest absolute Gasteiger partial charge is 0.375 e. The lowest BCUT2D eigenvalue weighted by Crippen LogP contribution is -2.12. The summed E-state index contributed by atoms with van der Waals surface area (Å²) in [4.78, 5) is 16.6. The number of rotatable bonds is 2. The molecule has 0 atom stereocenters. The number of nitrogens with two attached hydrogens (primary N) is 1. The van der Waals surface area contributed by atoms with Crippen molar-refractivity contribution in [3.63, 3.8) is 0 Å². The number of fused-ring (bicyclic) bond motifs is 1. The summed E-state index contributed by atoms with van der Waals surface area (Å²) in [6.45, 7) is 4.02. The highest BCUT2D eigenvalue weighted by Gasteiger charge is 2.10.